The van der Waals surface area contributed by atoms with Crippen molar-refractivity contribution in [3.05, 3.63) is 48.3 Å². The van der Waals surface area contributed by atoms with Gasteiger partial charge in [-0.3, -0.25) is 4.79 Å². The van der Waals surface area contributed by atoms with Crippen molar-refractivity contribution in [2.24, 2.45) is 0 Å². The molecule has 0 aliphatic heterocycles. The second kappa shape index (κ2) is 9.64. The third-order valence-electron chi connectivity index (χ3n) is 3.53. The molecule has 0 saturated carbocycles. The molecule has 1 heterocycles. The van der Waals surface area contributed by atoms with Crippen LogP contribution in [0.5, 0.6) is 5.75 Å². The number of benzene rings is 1. The van der Waals surface area contributed by atoms with Crippen LogP contribution in [0.15, 0.2) is 42.6 Å². The molecular formula is C19H26N4O2. The summed E-state index contributed by atoms with van der Waals surface area (Å²) in [6.07, 6.45) is 2.56. The monoisotopic (exact) mass is 342 g/mol. The van der Waals surface area contributed by atoms with Gasteiger partial charge < -0.3 is 20.3 Å². The zero-order valence-corrected chi connectivity index (χ0v) is 15.1. The van der Waals surface area contributed by atoms with E-state index in [-0.39, 0.29) is 5.91 Å². The lowest BCUT2D eigenvalue weighted by Crippen LogP contribution is -2.27. The normalized spacial score (nSPS) is 10.6. The Hall–Kier alpha value is -2.60. The summed E-state index contributed by atoms with van der Waals surface area (Å²) in [6.45, 7) is 4.13. The molecule has 25 heavy (non-hydrogen) atoms. The Morgan fingerprint density at radius 3 is 2.68 bits per heavy atom. The number of nitrogens with zero attached hydrogens (tertiary/aromatic N) is 2. The first-order valence-corrected chi connectivity index (χ1v) is 8.48. The fraction of sp³-hybridized carbons (Fsp3) is 0.368. The highest BCUT2D eigenvalue weighted by Gasteiger charge is 2.08. The second-order valence-corrected chi connectivity index (χ2v) is 5.90. The summed E-state index contributed by atoms with van der Waals surface area (Å²) in [5.74, 6) is 0.632. The third kappa shape index (κ3) is 6.08. The van der Waals surface area contributed by atoms with E-state index in [0.717, 1.165) is 30.1 Å². The zero-order valence-electron chi connectivity index (χ0n) is 15.1. The van der Waals surface area contributed by atoms with E-state index in [4.69, 9.17) is 4.74 Å². The number of rotatable bonds is 9. The van der Waals surface area contributed by atoms with Crippen LogP contribution in [0.2, 0.25) is 0 Å². The van der Waals surface area contributed by atoms with Crippen molar-refractivity contribution >= 4 is 17.3 Å². The summed E-state index contributed by atoms with van der Waals surface area (Å²) in [4.78, 5) is 18.4. The van der Waals surface area contributed by atoms with E-state index >= 15 is 0 Å². The van der Waals surface area contributed by atoms with Gasteiger partial charge in [-0.05, 0) is 58.3 Å². The Bertz CT molecular complexity index is 671. The van der Waals surface area contributed by atoms with E-state index in [2.05, 4.69) is 20.5 Å². The molecule has 0 spiro atoms. The van der Waals surface area contributed by atoms with E-state index in [1.54, 1.807) is 12.3 Å². The highest BCUT2D eigenvalue weighted by atomic mass is 16.5. The number of pyridine rings is 1. The largest absolute Gasteiger partial charge is 0.492 e. The number of hydrogen-bond acceptors (Lipinski definition) is 5. The van der Waals surface area contributed by atoms with Crippen molar-refractivity contribution in [1.82, 2.24) is 15.2 Å². The van der Waals surface area contributed by atoms with Crippen molar-refractivity contribution in [3.63, 3.8) is 0 Å². The Morgan fingerprint density at radius 1 is 1.20 bits per heavy atom. The molecule has 0 saturated heterocycles. The number of carbonyl (C=O) groups excluding carboxylic acids is 1. The highest BCUT2D eigenvalue weighted by Crippen LogP contribution is 2.27. The van der Waals surface area contributed by atoms with Gasteiger partial charge in [0.05, 0.1) is 24.2 Å². The topological polar surface area (TPSA) is 66.5 Å². The molecule has 6 heteroatoms. The number of amides is 1. The number of nitrogens with one attached hydrogen (secondary N) is 2. The molecule has 0 atom stereocenters. The van der Waals surface area contributed by atoms with Crippen molar-refractivity contribution in [1.29, 1.82) is 0 Å². The van der Waals surface area contributed by atoms with E-state index in [1.807, 2.05) is 51.4 Å². The van der Waals surface area contributed by atoms with Gasteiger partial charge in [-0.2, -0.15) is 0 Å². The number of anilines is 2. The summed E-state index contributed by atoms with van der Waals surface area (Å²) < 4.78 is 5.59. The fourth-order valence-corrected chi connectivity index (χ4v) is 2.30. The maximum atomic E-state index is 12.1. The third-order valence-corrected chi connectivity index (χ3v) is 3.53. The summed E-state index contributed by atoms with van der Waals surface area (Å²) in [6, 6.07) is 11.3. The van der Waals surface area contributed by atoms with Crippen LogP contribution in [0, 0.1) is 0 Å². The number of carbonyl (C=O) groups is 1. The minimum atomic E-state index is -0.153. The predicted octanol–water partition coefficient (Wildman–Crippen LogP) is 2.91. The van der Waals surface area contributed by atoms with Gasteiger partial charge in [0.25, 0.3) is 5.91 Å². The molecule has 1 aromatic carbocycles. The summed E-state index contributed by atoms with van der Waals surface area (Å²) >= 11 is 0. The number of ether oxygens (including phenoxy) is 1. The van der Waals surface area contributed by atoms with Crippen LogP contribution in [-0.4, -0.2) is 49.6 Å². The average molecular weight is 342 g/mol. The lowest BCUT2D eigenvalue weighted by atomic mass is 10.2. The molecule has 1 aromatic heterocycles. The molecule has 0 radical (unpaired) electrons. The van der Waals surface area contributed by atoms with Gasteiger partial charge in [-0.15, -0.1) is 0 Å². The molecule has 0 bridgehead atoms. The Labute approximate surface area is 149 Å². The first-order valence-electron chi connectivity index (χ1n) is 8.48. The highest BCUT2D eigenvalue weighted by molar-refractivity contribution is 5.92. The zero-order chi connectivity index (χ0) is 18.1. The molecule has 0 aliphatic carbocycles. The molecule has 6 nitrogen and oxygen atoms in total. The Balaban J connectivity index is 1.92. The van der Waals surface area contributed by atoms with Gasteiger partial charge in [0, 0.05) is 6.54 Å². The van der Waals surface area contributed by atoms with E-state index in [1.165, 1.54) is 0 Å². The van der Waals surface area contributed by atoms with Gasteiger partial charge in [0.2, 0.25) is 0 Å². The van der Waals surface area contributed by atoms with Crippen LogP contribution in [0.3, 0.4) is 0 Å². The fourth-order valence-electron chi connectivity index (χ4n) is 2.30. The van der Waals surface area contributed by atoms with Crippen molar-refractivity contribution in [2.45, 2.75) is 13.3 Å². The van der Waals surface area contributed by atoms with Crippen molar-refractivity contribution in [3.8, 4) is 5.75 Å². The van der Waals surface area contributed by atoms with Crippen LogP contribution in [0.4, 0.5) is 11.4 Å². The molecular weight excluding hydrogens is 316 g/mol. The summed E-state index contributed by atoms with van der Waals surface area (Å²) in [7, 11) is 4.03. The predicted molar refractivity (Wildman–Crippen MR) is 101 cm³/mol. The summed E-state index contributed by atoms with van der Waals surface area (Å²) in [5.41, 5.74) is 2.08. The Morgan fingerprint density at radius 2 is 2.00 bits per heavy atom. The minimum Gasteiger partial charge on any atom is -0.492 e. The van der Waals surface area contributed by atoms with Crippen LogP contribution in [0.25, 0.3) is 0 Å². The SMILES string of the molecule is CCOc1ccccc1Nc1ccc(C(=O)NCCCN(C)C)nc1. The lowest BCUT2D eigenvalue weighted by Gasteiger charge is -2.12. The first-order chi connectivity index (χ1) is 12.1. The summed E-state index contributed by atoms with van der Waals surface area (Å²) in [5, 5.41) is 6.14. The van der Waals surface area contributed by atoms with Gasteiger partial charge >= 0.3 is 0 Å². The van der Waals surface area contributed by atoms with Crippen LogP contribution < -0.4 is 15.4 Å². The van der Waals surface area contributed by atoms with Gasteiger partial charge in [0.15, 0.2) is 0 Å². The van der Waals surface area contributed by atoms with Crippen molar-refractivity contribution < 1.29 is 9.53 Å². The first kappa shape index (κ1) is 18.7. The molecule has 134 valence electrons. The smallest absolute Gasteiger partial charge is 0.269 e. The number of para-hydroxylation sites is 2. The van der Waals surface area contributed by atoms with E-state index in [0.29, 0.717) is 18.8 Å². The van der Waals surface area contributed by atoms with E-state index in [9.17, 15) is 4.79 Å². The average Bonchev–Trinajstić information content (AvgIpc) is 2.61. The van der Waals surface area contributed by atoms with Gasteiger partial charge in [-0.1, -0.05) is 12.1 Å². The lowest BCUT2D eigenvalue weighted by molar-refractivity contribution is 0.0947. The van der Waals surface area contributed by atoms with Crippen LogP contribution >= 0.6 is 0 Å². The molecule has 2 aromatic rings. The molecule has 1 amide bonds. The maximum absolute atomic E-state index is 12.1. The number of hydrogen-bond donors (Lipinski definition) is 2. The molecule has 2 N–H and O–H groups in total. The van der Waals surface area contributed by atoms with Gasteiger partial charge in [0.1, 0.15) is 11.4 Å². The quantitative estimate of drug-likeness (QED) is 0.686. The molecule has 0 aliphatic rings. The standard InChI is InChI=1S/C19H26N4O2/c1-4-25-18-9-6-5-8-16(18)22-15-10-11-17(21-14-15)19(24)20-12-7-13-23(2)3/h5-6,8-11,14,22H,4,7,12-13H2,1-3H3,(H,20,24). The Kier molecular flexibility index (Phi) is 7.22. The molecule has 2 rings (SSSR count). The molecule has 0 fully saturated rings. The van der Waals surface area contributed by atoms with E-state index < -0.39 is 0 Å². The maximum Gasteiger partial charge on any atom is 0.269 e. The minimum absolute atomic E-state index is 0.153. The van der Waals surface area contributed by atoms with Crippen molar-refractivity contribution in [2.75, 3.05) is 39.1 Å². The van der Waals surface area contributed by atoms with Crippen LogP contribution in [-0.2, 0) is 0 Å². The molecule has 0 unspecified atom stereocenters. The van der Waals surface area contributed by atoms with Gasteiger partial charge in [-0.25, -0.2) is 4.98 Å². The second-order valence-electron chi connectivity index (χ2n) is 5.90. The number of aromatic nitrogens is 1. The van der Waals surface area contributed by atoms with Crippen LogP contribution in [0.1, 0.15) is 23.8 Å².